The van der Waals surface area contributed by atoms with Gasteiger partial charge in [-0.05, 0) is 31.4 Å². The van der Waals surface area contributed by atoms with E-state index in [-0.39, 0.29) is 16.7 Å². The smallest absolute Gasteiger partial charge is 0.226 e. The quantitative estimate of drug-likeness (QED) is 0.748. The molecule has 2 aliphatic rings. The second kappa shape index (κ2) is 4.88. The normalized spacial score (nSPS) is 21.4. The minimum absolute atomic E-state index is 0.0477. The van der Waals surface area contributed by atoms with Gasteiger partial charge < -0.3 is 10.2 Å². The second-order valence-electron chi connectivity index (χ2n) is 5.85. The molecule has 2 heterocycles. The highest BCUT2D eigenvalue weighted by Gasteiger charge is 2.42. The Balaban J connectivity index is 2.12. The summed E-state index contributed by atoms with van der Waals surface area (Å²) in [6.45, 7) is 1.85. The molecule has 6 heteroatoms. The van der Waals surface area contributed by atoms with E-state index in [1.54, 1.807) is 0 Å². The average Bonchev–Trinajstić information content (AvgIpc) is 2.50. The zero-order chi connectivity index (χ0) is 14.3. The van der Waals surface area contributed by atoms with Crippen molar-refractivity contribution in [2.24, 2.45) is 0 Å². The molecule has 1 aliphatic heterocycles. The molecule has 3 rings (SSSR count). The standard InChI is InChI=1S/C14H19ClN4O/c1-9-11-12(18-13(15)16-9)19(2)14(8-10(20)17-11)6-4-3-5-7-14/h3-8H2,1-2H3,(H,17,20). The van der Waals surface area contributed by atoms with E-state index < -0.39 is 0 Å². The number of hydrogen-bond acceptors (Lipinski definition) is 4. The van der Waals surface area contributed by atoms with Crippen LogP contribution in [0.2, 0.25) is 5.28 Å². The summed E-state index contributed by atoms with van der Waals surface area (Å²) < 4.78 is 0. The first-order valence-corrected chi connectivity index (χ1v) is 7.47. The van der Waals surface area contributed by atoms with Gasteiger partial charge in [0, 0.05) is 7.05 Å². The molecule has 0 bridgehead atoms. The van der Waals surface area contributed by atoms with Crippen molar-refractivity contribution in [2.75, 3.05) is 17.3 Å². The molecule has 5 nitrogen and oxygen atoms in total. The van der Waals surface area contributed by atoms with E-state index in [4.69, 9.17) is 11.6 Å². The lowest BCUT2D eigenvalue weighted by atomic mass is 9.78. The molecule has 1 spiro atoms. The van der Waals surface area contributed by atoms with E-state index >= 15 is 0 Å². The van der Waals surface area contributed by atoms with E-state index in [0.717, 1.165) is 31.5 Å². The minimum atomic E-state index is -0.127. The number of hydrogen-bond donors (Lipinski definition) is 1. The van der Waals surface area contributed by atoms with Gasteiger partial charge in [0.05, 0.1) is 17.7 Å². The summed E-state index contributed by atoms with van der Waals surface area (Å²) in [7, 11) is 2.02. The molecule has 1 aromatic heterocycles. The molecule has 0 unspecified atom stereocenters. The highest BCUT2D eigenvalue weighted by Crippen LogP contribution is 2.43. The van der Waals surface area contributed by atoms with Crippen molar-refractivity contribution in [3.8, 4) is 0 Å². The zero-order valence-electron chi connectivity index (χ0n) is 11.9. The van der Waals surface area contributed by atoms with Gasteiger partial charge in [-0.15, -0.1) is 0 Å². The number of anilines is 2. The van der Waals surface area contributed by atoms with Gasteiger partial charge in [0.1, 0.15) is 5.69 Å². The van der Waals surface area contributed by atoms with Crippen molar-refractivity contribution in [2.45, 2.75) is 51.0 Å². The second-order valence-corrected chi connectivity index (χ2v) is 6.18. The molecule has 1 aromatic rings. The first-order chi connectivity index (χ1) is 9.52. The van der Waals surface area contributed by atoms with Gasteiger partial charge in [-0.2, -0.15) is 4.98 Å². The number of fused-ring (bicyclic) bond motifs is 1. The third kappa shape index (κ3) is 2.14. The van der Waals surface area contributed by atoms with Crippen molar-refractivity contribution >= 4 is 29.0 Å². The number of aromatic nitrogens is 2. The van der Waals surface area contributed by atoms with Crippen LogP contribution in [-0.4, -0.2) is 28.5 Å². The van der Waals surface area contributed by atoms with Crippen LogP contribution in [0.5, 0.6) is 0 Å². The fourth-order valence-electron chi connectivity index (χ4n) is 3.46. The van der Waals surface area contributed by atoms with Crippen LogP contribution in [-0.2, 0) is 4.79 Å². The van der Waals surface area contributed by atoms with Crippen molar-refractivity contribution in [1.82, 2.24) is 9.97 Å². The molecule has 0 saturated heterocycles. The van der Waals surface area contributed by atoms with Crippen molar-refractivity contribution in [3.63, 3.8) is 0 Å². The molecule has 0 atom stereocenters. The summed E-state index contributed by atoms with van der Waals surface area (Å²) >= 11 is 6.00. The predicted molar refractivity (Wildman–Crippen MR) is 79.2 cm³/mol. The molecule has 1 amide bonds. The Morgan fingerprint density at radius 3 is 2.65 bits per heavy atom. The van der Waals surface area contributed by atoms with Gasteiger partial charge in [0.2, 0.25) is 11.2 Å². The van der Waals surface area contributed by atoms with E-state index in [2.05, 4.69) is 20.2 Å². The largest absolute Gasteiger partial charge is 0.352 e. The first-order valence-electron chi connectivity index (χ1n) is 7.10. The Morgan fingerprint density at radius 2 is 1.95 bits per heavy atom. The first kappa shape index (κ1) is 13.6. The summed E-state index contributed by atoms with van der Waals surface area (Å²) in [5, 5.41) is 3.19. The van der Waals surface area contributed by atoms with Gasteiger partial charge in [0.25, 0.3) is 0 Å². The topological polar surface area (TPSA) is 58.1 Å². The number of carbonyl (C=O) groups excluding carboxylic acids is 1. The molecule has 0 radical (unpaired) electrons. The number of rotatable bonds is 0. The van der Waals surface area contributed by atoms with E-state index in [1.807, 2.05) is 14.0 Å². The van der Waals surface area contributed by atoms with Crippen LogP contribution < -0.4 is 10.2 Å². The number of nitrogens with one attached hydrogen (secondary N) is 1. The van der Waals surface area contributed by atoms with Gasteiger partial charge >= 0.3 is 0 Å². The van der Waals surface area contributed by atoms with Crippen LogP contribution in [0.1, 0.15) is 44.2 Å². The van der Waals surface area contributed by atoms with Crippen LogP contribution in [0, 0.1) is 6.92 Å². The number of nitrogens with zero attached hydrogens (tertiary/aromatic N) is 3. The fourth-order valence-corrected chi connectivity index (χ4v) is 3.67. The van der Waals surface area contributed by atoms with Crippen LogP contribution in [0.15, 0.2) is 0 Å². The van der Waals surface area contributed by atoms with Crippen LogP contribution in [0.3, 0.4) is 0 Å². The predicted octanol–water partition coefficient (Wildman–Crippen LogP) is 2.92. The minimum Gasteiger partial charge on any atom is -0.352 e. The summed E-state index contributed by atoms with van der Waals surface area (Å²) in [6, 6.07) is 0. The van der Waals surface area contributed by atoms with Crippen LogP contribution >= 0.6 is 11.6 Å². The van der Waals surface area contributed by atoms with Crippen molar-refractivity contribution in [3.05, 3.63) is 11.0 Å². The molecule has 20 heavy (non-hydrogen) atoms. The Labute approximate surface area is 123 Å². The SMILES string of the molecule is Cc1nc(Cl)nc2c1NC(=O)CC1(CCCCC1)N2C. The Hall–Kier alpha value is -1.36. The Kier molecular flexibility index (Phi) is 3.32. The summed E-state index contributed by atoms with van der Waals surface area (Å²) in [5.74, 6) is 0.793. The highest BCUT2D eigenvalue weighted by molar-refractivity contribution is 6.28. The number of halogens is 1. The molecule has 108 valence electrons. The fraction of sp³-hybridized carbons (Fsp3) is 0.643. The summed E-state index contributed by atoms with van der Waals surface area (Å²) in [6.07, 6.45) is 6.12. The molecule has 1 aliphatic carbocycles. The number of aryl methyl sites for hydroxylation is 1. The number of carbonyl (C=O) groups is 1. The average molecular weight is 295 g/mol. The van der Waals surface area contributed by atoms with E-state index in [0.29, 0.717) is 17.8 Å². The van der Waals surface area contributed by atoms with E-state index in [1.165, 1.54) is 6.42 Å². The van der Waals surface area contributed by atoms with Gasteiger partial charge in [-0.25, -0.2) is 4.98 Å². The lowest BCUT2D eigenvalue weighted by Gasteiger charge is -2.43. The van der Waals surface area contributed by atoms with Crippen molar-refractivity contribution < 1.29 is 4.79 Å². The molecule has 1 fully saturated rings. The highest BCUT2D eigenvalue weighted by atomic mass is 35.5. The maximum absolute atomic E-state index is 12.3. The van der Waals surface area contributed by atoms with Crippen LogP contribution in [0.4, 0.5) is 11.5 Å². The zero-order valence-corrected chi connectivity index (χ0v) is 12.6. The van der Waals surface area contributed by atoms with E-state index in [9.17, 15) is 4.79 Å². The maximum atomic E-state index is 12.3. The van der Waals surface area contributed by atoms with Gasteiger partial charge in [0.15, 0.2) is 5.82 Å². The molecule has 1 saturated carbocycles. The van der Waals surface area contributed by atoms with Crippen molar-refractivity contribution in [1.29, 1.82) is 0 Å². The number of amides is 1. The van der Waals surface area contributed by atoms with Gasteiger partial charge in [-0.1, -0.05) is 19.3 Å². The van der Waals surface area contributed by atoms with Gasteiger partial charge in [-0.3, -0.25) is 4.79 Å². The summed E-state index contributed by atoms with van der Waals surface area (Å²) in [5.41, 5.74) is 1.29. The monoisotopic (exact) mass is 294 g/mol. The Bertz CT molecular complexity index is 554. The lowest BCUT2D eigenvalue weighted by molar-refractivity contribution is -0.117. The molecular weight excluding hydrogens is 276 g/mol. The summed E-state index contributed by atoms with van der Waals surface area (Å²) in [4.78, 5) is 22.9. The molecule has 0 aromatic carbocycles. The van der Waals surface area contributed by atoms with Crippen LogP contribution in [0.25, 0.3) is 0 Å². The lowest BCUT2D eigenvalue weighted by Crippen LogP contribution is -2.49. The third-order valence-electron chi connectivity index (χ3n) is 4.61. The maximum Gasteiger partial charge on any atom is 0.226 e. The molecular formula is C14H19ClN4O. The Morgan fingerprint density at radius 1 is 1.25 bits per heavy atom. The molecule has 1 N–H and O–H groups in total. The third-order valence-corrected chi connectivity index (χ3v) is 4.78.